The molecule has 0 amide bonds. The van der Waals surface area contributed by atoms with E-state index in [4.69, 9.17) is 0 Å². The van der Waals surface area contributed by atoms with Crippen LogP contribution in [0.5, 0.6) is 0 Å². The Labute approximate surface area is 111 Å². The zero-order valence-electron chi connectivity index (χ0n) is 10.9. The lowest BCUT2D eigenvalue weighted by Gasteiger charge is -2.31. The van der Waals surface area contributed by atoms with Crippen LogP contribution in [0.3, 0.4) is 0 Å². The number of aliphatic hydroxyl groups is 1. The van der Waals surface area contributed by atoms with E-state index in [1.807, 2.05) is 0 Å². The van der Waals surface area contributed by atoms with Gasteiger partial charge in [0.05, 0.1) is 0 Å². The van der Waals surface area contributed by atoms with Gasteiger partial charge in [0, 0.05) is 31.7 Å². The second-order valence-electron chi connectivity index (χ2n) is 4.88. The monoisotopic (exact) mass is 271 g/mol. The van der Waals surface area contributed by atoms with Crippen LogP contribution in [-0.4, -0.2) is 29.8 Å². The van der Waals surface area contributed by atoms with Crippen LogP contribution >= 0.6 is 0 Å². The highest BCUT2D eigenvalue weighted by Gasteiger charge is 2.25. The molecule has 0 saturated heterocycles. The van der Waals surface area contributed by atoms with Crippen molar-refractivity contribution in [2.75, 3.05) is 24.3 Å². The predicted octanol–water partition coefficient (Wildman–Crippen LogP) is 2.36. The van der Waals surface area contributed by atoms with Gasteiger partial charge in [-0.1, -0.05) is 12.8 Å². The van der Waals surface area contributed by atoms with Crippen molar-refractivity contribution in [3.05, 3.63) is 17.7 Å². The van der Waals surface area contributed by atoms with Gasteiger partial charge in [-0.2, -0.15) is 0 Å². The van der Waals surface area contributed by atoms with E-state index in [1.165, 1.54) is 7.05 Å². The second kappa shape index (κ2) is 6.14. The fourth-order valence-corrected chi connectivity index (χ4v) is 2.53. The highest BCUT2D eigenvalue weighted by atomic mass is 19.1. The van der Waals surface area contributed by atoms with Gasteiger partial charge in [0.15, 0.2) is 23.3 Å². The number of nitrogens with one attached hydrogen (secondary N) is 2. The van der Waals surface area contributed by atoms with Crippen LogP contribution in [0, 0.1) is 17.6 Å². The molecule has 0 bridgehead atoms. The first-order valence-corrected chi connectivity index (χ1v) is 6.57. The summed E-state index contributed by atoms with van der Waals surface area (Å²) in [7, 11) is 1.53. The van der Waals surface area contributed by atoms with Gasteiger partial charge in [-0.25, -0.2) is 13.8 Å². The van der Waals surface area contributed by atoms with Gasteiger partial charge in [-0.3, -0.25) is 0 Å². The number of hydrogen-bond donors (Lipinski definition) is 3. The number of anilines is 2. The van der Waals surface area contributed by atoms with Gasteiger partial charge in [-0.15, -0.1) is 0 Å². The molecular weight excluding hydrogens is 252 g/mol. The number of pyridine rings is 1. The number of aliphatic hydroxyl groups excluding tert-OH is 1. The van der Waals surface area contributed by atoms with E-state index in [1.54, 1.807) is 0 Å². The molecule has 3 N–H and O–H groups in total. The summed E-state index contributed by atoms with van der Waals surface area (Å²) in [5.74, 6) is -1.28. The quantitative estimate of drug-likeness (QED) is 0.787. The van der Waals surface area contributed by atoms with Crippen molar-refractivity contribution in [2.45, 2.75) is 31.7 Å². The molecule has 4 nitrogen and oxygen atoms in total. The average molecular weight is 271 g/mol. The summed E-state index contributed by atoms with van der Waals surface area (Å²) in [5, 5.41) is 14.9. The molecule has 0 aliphatic heterocycles. The van der Waals surface area contributed by atoms with Crippen LogP contribution in [0.15, 0.2) is 6.07 Å². The minimum atomic E-state index is -0.715. The van der Waals surface area contributed by atoms with Gasteiger partial charge < -0.3 is 15.7 Å². The molecule has 1 heterocycles. The van der Waals surface area contributed by atoms with Crippen molar-refractivity contribution < 1.29 is 13.9 Å². The number of nitrogens with zero attached hydrogens (tertiary/aromatic N) is 1. The van der Waals surface area contributed by atoms with E-state index in [9.17, 15) is 13.9 Å². The van der Waals surface area contributed by atoms with Crippen molar-refractivity contribution in [1.29, 1.82) is 0 Å². The molecule has 2 atom stereocenters. The Hall–Kier alpha value is -1.43. The minimum Gasteiger partial charge on any atom is -0.396 e. The third-order valence-corrected chi connectivity index (χ3v) is 3.63. The third kappa shape index (κ3) is 3.12. The maximum atomic E-state index is 13.7. The lowest BCUT2D eigenvalue weighted by atomic mass is 9.85. The first-order valence-electron chi connectivity index (χ1n) is 6.57. The lowest BCUT2D eigenvalue weighted by molar-refractivity contribution is 0.178. The summed E-state index contributed by atoms with van der Waals surface area (Å²) in [5.41, 5.74) is 0. The van der Waals surface area contributed by atoms with Crippen LogP contribution < -0.4 is 10.6 Å². The molecule has 106 valence electrons. The van der Waals surface area contributed by atoms with Crippen molar-refractivity contribution >= 4 is 11.6 Å². The molecular formula is C13H19F2N3O. The average Bonchev–Trinajstić information content (AvgIpc) is 2.42. The standard InChI is InChI=1S/C13H19F2N3O/c1-16-12-9(14)6-10(15)13(18-12)17-11-5-3-2-4-8(11)7-19/h6,8,11,19H,2-5,7H2,1H3,(H2,16,17,18). The first kappa shape index (κ1) is 14.0. The molecule has 0 aromatic carbocycles. The summed E-state index contributed by atoms with van der Waals surface area (Å²) in [6.45, 7) is 0.0688. The molecule has 1 aliphatic carbocycles. The molecule has 1 aromatic rings. The maximum absolute atomic E-state index is 13.7. The Kier molecular flexibility index (Phi) is 4.52. The van der Waals surface area contributed by atoms with Crippen molar-refractivity contribution in [3.8, 4) is 0 Å². The molecule has 0 spiro atoms. The summed E-state index contributed by atoms with van der Waals surface area (Å²) >= 11 is 0. The summed E-state index contributed by atoms with van der Waals surface area (Å²) in [6.07, 6.45) is 3.88. The Morgan fingerprint density at radius 3 is 2.63 bits per heavy atom. The number of halogens is 2. The lowest BCUT2D eigenvalue weighted by Crippen LogP contribution is -2.35. The van der Waals surface area contributed by atoms with E-state index < -0.39 is 11.6 Å². The zero-order valence-corrected chi connectivity index (χ0v) is 10.9. The first-order chi connectivity index (χ1) is 9.15. The topological polar surface area (TPSA) is 57.2 Å². The zero-order chi connectivity index (χ0) is 13.8. The number of rotatable bonds is 4. The highest BCUT2D eigenvalue weighted by Crippen LogP contribution is 2.28. The van der Waals surface area contributed by atoms with Gasteiger partial charge in [0.2, 0.25) is 0 Å². The van der Waals surface area contributed by atoms with Crippen LogP contribution in [0.1, 0.15) is 25.7 Å². The summed E-state index contributed by atoms with van der Waals surface area (Å²) in [4.78, 5) is 3.90. The van der Waals surface area contributed by atoms with E-state index in [0.717, 1.165) is 31.7 Å². The molecule has 6 heteroatoms. The van der Waals surface area contributed by atoms with E-state index >= 15 is 0 Å². The molecule has 1 saturated carbocycles. The van der Waals surface area contributed by atoms with Crippen molar-refractivity contribution in [3.63, 3.8) is 0 Å². The normalized spacial score (nSPS) is 23.2. The Bertz CT molecular complexity index is 442. The minimum absolute atomic E-state index is 0.0141. The Morgan fingerprint density at radius 2 is 1.95 bits per heavy atom. The molecule has 2 unspecified atom stereocenters. The van der Waals surface area contributed by atoms with E-state index in [2.05, 4.69) is 15.6 Å². The van der Waals surface area contributed by atoms with Gasteiger partial charge in [0.25, 0.3) is 0 Å². The fourth-order valence-electron chi connectivity index (χ4n) is 2.53. The molecule has 1 aliphatic rings. The smallest absolute Gasteiger partial charge is 0.168 e. The van der Waals surface area contributed by atoms with E-state index in [0.29, 0.717) is 0 Å². The number of hydrogen-bond acceptors (Lipinski definition) is 4. The third-order valence-electron chi connectivity index (χ3n) is 3.63. The Morgan fingerprint density at radius 1 is 1.26 bits per heavy atom. The predicted molar refractivity (Wildman–Crippen MR) is 70.2 cm³/mol. The second-order valence-corrected chi connectivity index (χ2v) is 4.88. The molecule has 2 rings (SSSR count). The number of aromatic nitrogens is 1. The fraction of sp³-hybridized carbons (Fsp3) is 0.615. The van der Waals surface area contributed by atoms with Crippen LogP contribution in [0.25, 0.3) is 0 Å². The van der Waals surface area contributed by atoms with Crippen molar-refractivity contribution in [2.24, 2.45) is 5.92 Å². The molecule has 0 radical (unpaired) electrons. The largest absolute Gasteiger partial charge is 0.396 e. The van der Waals surface area contributed by atoms with Crippen LogP contribution in [0.2, 0.25) is 0 Å². The van der Waals surface area contributed by atoms with Gasteiger partial charge in [0.1, 0.15) is 0 Å². The SMILES string of the molecule is CNc1nc(NC2CCCCC2CO)c(F)cc1F. The summed E-state index contributed by atoms with van der Waals surface area (Å²) in [6, 6.07) is 0.800. The van der Waals surface area contributed by atoms with Gasteiger partial charge >= 0.3 is 0 Å². The maximum Gasteiger partial charge on any atom is 0.168 e. The molecule has 19 heavy (non-hydrogen) atoms. The Balaban J connectivity index is 2.17. The molecule has 1 fully saturated rings. The summed E-state index contributed by atoms with van der Waals surface area (Å²) < 4.78 is 27.0. The van der Waals surface area contributed by atoms with E-state index in [-0.39, 0.29) is 30.2 Å². The highest BCUT2D eigenvalue weighted by molar-refractivity contribution is 5.47. The van der Waals surface area contributed by atoms with Gasteiger partial charge in [-0.05, 0) is 12.8 Å². The van der Waals surface area contributed by atoms with Crippen LogP contribution in [0.4, 0.5) is 20.4 Å². The molecule has 1 aromatic heterocycles. The van der Waals surface area contributed by atoms with Crippen molar-refractivity contribution in [1.82, 2.24) is 4.98 Å². The van der Waals surface area contributed by atoms with Crippen LogP contribution in [-0.2, 0) is 0 Å².